The molecule has 1 aromatic rings. The van der Waals surface area contributed by atoms with Crippen LogP contribution in [0.4, 0.5) is 5.69 Å². The number of para-hydroxylation sites is 1. The summed E-state index contributed by atoms with van der Waals surface area (Å²) in [6.45, 7) is 0. The van der Waals surface area contributed by atoms with Gasteiger partial charge in [0.05, 0.1) is 0 Å². The smallest absolute Gasteiger partial charge is 0.217 e. The number of nitrogens with one attached hydrogen (secondary N) is 1. The number of anilines is 1. The Bertz CT molecular complexity index is 324. The molecule has 1 aromatic carbocycles. The molecule has 0 saturated heterocycles. The molecular weight excluding hydrogens is 176 g/mol. The lowest BCUT2D eigenvalue weighted by Gasteiger charge is -2.08. The SMILES string of the molecule is NC(=O)CCC1Cc2ccccc2N1. The first-order valence-corrected chi connectivity index (χ1v) is 4.88. The Morgan fingerprint density at radius 3 is 3.00 bits per heavy atom. The van der Waals surface area contributed by atoms with Crippen LogP contribution in [0.3, 0.4) is 0 Å². The first kappa shape index (κ1) is 9.06. The molecule has 3 N–H and O–H groups in total. The second-order valence-electron chi connectivity index (χ2n) is 3.71. The average Bonchev–Trinajstić information content (AvgIpc) is 2.57. The molecular formula is C11H14N2O. The molecule has 0 saturated carbocycles. The van der Waals surface area contributed by atoms with Crippen LogP contribution in [0.1, 0.15) is 18.4 Å². The van der Waals surface area contributed by atoms with Gasteiger partial charge >= 0.3 is 0 Å². The van der Waals surface area contributed by atoms with Crippen molar-refractivity contribution >= 4 is 11.6 Å². The second kappa shape index (κ2) is 3.70. The largest absolute Gasteiger partial charge is 0.382 e. The molecule has 0 aliphatic carbocycles. The van der Waals surface area contributed by atoms with E-state index in [4.69, 9.17) is 5.73 Å². The zero-order valence-corrected chi connectivity index (χ0v) is 7.99. The molecule has 2 rings (SSSR count). The van der Waals surface area contributed by atoms with E-state index in [-0.39, 0.29) is 5.91 Å². The third kappa shape index (κ3) is 1.87. The number of carbonyl (C=O) groups is 1. The maximum absolute atomic E-state index is 10.6. The lowest BCUT2D eigenvalue weighted by Crippen LogP contribution is -2.19. The van der Waals surface area contributed by atoms with Crippen molar-refractivity contribution in [3.8, 4) is 0 Å². The molecule has 1 atom stereocenters. The van der Waals surface area contributed by atoms with Crippen LogP contribution < -0.4 is 11.1 Å². The van der Waals surface area contributed by atoms with E-state index in [2.05, 4.69) is 17.4 Å². The number of amides is 1. The zero-order chi connectivity index (χ0) is 9.97. The summed E-state index contributed by atoms with van der Waals surface area (Å²) < 4.78 is 0. The van der Waals surface area contributed by atoms with Crippen molar-refractivity contribution in [2.45, 2.75) is 25.3 Å². The Balaban J connectivity index is 1.95. The molecule has 0 fully saturated rings. The number of benzene rings is 1. The number of rotatable bonds is 3. The predicted octanol–water partition coefficient (Wildman–Crippen LogP) is 1.29. The van der Waals surface area contributed by atoms with E-state index in [9.17, 15) is 4.79 Å². The van der Waals surface area contributed by atoms with Gasteiger partial charge in [-0.15, -0.1) is 0 Å². The second-order valence-corrected chi connectivity index (χ2v) is 3.71. The highest BCUT2D eigenvalue weighted by Gasteiger charge is 2.19. The first-order chi connectivity index (χ1) is 6.75. The summed E-state index contributed by atoms with van der Waals surface area (Å²) >= 11 is 0. The zero-order valence-electron chi connectivity index (χ0n) is 7.99. The summed E-state index contributed by atoms with van der Waals surface area (Å²) in [6.07, 6.45) is 2.29. The first-order valence-electron chi connectivity index (χ1n) is 4.88. The van der Waals surface area contributed by atoms with Gasteiger partial charge in [0.1, 0.15) is 0 Å². The molecule has 1 amide bonds. The fourth-order valence-corrected chi connectivity index (χ4v) is 1.87. The Kier molecular flexibility index (Phi) is 2.39. The monoisotopic (exact) mass is 190 g/mol. The average molecular weight is 190 g/mol. The van der Waals surface area contributed by atoms with E-state index in [1.165, 1.54) is 11.3 Å². The molecule has 0 radical (unpaired) electrons. The molecule has 3 heteroatoms. The van der Waals surface area contributed by atoms with Crippen molar-refractivity contribution in [1.29, 1.82) is 0 Å². The van der Waals surface area contributed by atoms with E-state index < -0.39 is 0 Å². The highest BCUT2D eigenvalue weighted by Crippen LogP contribution is 2.26. The van der Waals surface area contributed by atoms with Gasteiger partial charge in [0, 0.05) is 18.2 Å². The van der Waals surface area contributed by atoms with Crippen LogP contribution in [0.2, 0.25) is 0 Å². The molecule has 3 nitrogen and oxygen atoms in total. The lowest BCUT2D eigenvalue weighted by molar-refractivity contribution is -0.118. The lowest BCUT2D eigenvalue weighted by atomic mass is 10.1. The van der Waals surface area contributed by atoms with Gasteiger partial charge in [-0.05, 0) is 24.5 Å². The molecule has 74 valence electrons. The topological polar surface area (TPSA) is 55.1 Å². The summed E-state index contributed by atoms with van der Waals surface area (Å²) in [5.41, 5.74) is 7.64. The van der Waals surface area contributed by atoms with Crippen LogP contribution in [0, 0.1) is 0 Å². The fraction of sp³-hybridized carbons (Fsp3) is 0.364. The molecule has 1 heterocycles. The molecule has 0 spiro atoms. The van der Waals surface area contributed by atoms with E-state index in [0.717, 1.165) is 12.8 Å². The van der Waals surface area contributed by atoms with Crippen LogP contribution in [0.15, 0.2) is 24.3 Å². The Labute approximate surface area is 83.3 Å². The maximum atomic E-state index is 10.6. The van der Waals surface area contributed by atoms with Gasteiger partial charge in [-0.25, -0.2) is 0 Å². The molecule has 1 aliphatic rings. The summed E-state index contributed by atoms with van der Waals surface area (Å²) in [5.74, 6) is -0.220. The van der Waals surface area contributed by atoms with E-state index in [1.54, 1.807) is 0 Å². The summed E-state index contributed by atoms with van der Waals surface area (Å²) in [6, 6.07) is 8.62. The molecule has 14 heavy (non-hydrogen) atoms. The number of fused-ring (bicyclic) bond motifs is 1. The van der Waals surface area contributed by atoms with Crippen molar-refractivity contribution in [2.24, 2.45) is 5.73 Å². The standard InChI is InChI=1S/C11H14N2O/c12-11(14)6-5-9-7-8-3-1-2-4-10(8)13-9/h1-4,9,13H,5-7H2,(H2,12,14). The van der Waals surface area contributed by atoms with Gasteiger partial charge in [-0.1, -0.05) is 18.2 Å². The number of hydrogen-bond donors (Lipinski definition) is 2. The van der Waals surface area contributed by atoms with E-state index in [0.29, 0.717) is 12.5 Å². The molecule has 0 bridgehead atoms. The van der Waals surface area contributed by atoms with E-state index in [1.807, 2.05) is 12.1 Å². The number of nitrogens with two attached hydrogens (primary N) is 1. The minimum atomic E-state index is -0.220. The number of primary amides is 1. The highest BCUT2D eigenvalue weighted by molar-refractivity contribution is 5.73. The van der Waals surface area contributed by atoms with E-state index >= 15 is 0 Å². The third-order valence-electron chi connectivity index (χ3n) is 2.58. The molecule has 0 aromatic heterocycles. The van der Waals surface area contributed by atoms with Gasteiger partial charge in [-0.2, -0.15) is 0 Å². The van der Waals surface area contributed by atoms with Crippen molar-refractivity contribution in [3.63, 3.8) is 0 Å². The van der Waals surface area contributed by atoms with Crippen LogP contribution >= 0.6 is 0 Å². The minimum Gasteiger partial charge on any atom is -0.382 e. The van der Waals surface area contributed by atoms with Gasteiger partial charge in [-0.3, -0.25) is 4.79 Å². The van der Waals surface area contributed by atoms with Crippen LogP contribution in [0.5, 0.6) is 0 Å². The Morgan fingerprint density at radius 2 is 2.29 bits per heavy atom. The Hall–Kier alpha value is -1.51. The van der Waals surface area contributed by atoms with Crippen molar-refractivity contribution < 1.29 is 4.79 Å². The van der Waals surface area contributed by atoms with Crippen LogP contribution in [0.25, 0.3) is 0 Å². The van der Waals surface area contributed by atoms with Crippen molar-refractivity contribution in [1.82, 2.24) is 0 Å². The number of hydrogen-bond acceptors (Lipinski definition) is 2. The van der Waals surface area contributed by atoms with Crippen LogP contribution in [-0.4, -0.2) is 11.9 Å². The van der Waals surface area contributed by atoms with Crippen LogP contribution in [-0.2, 0) is 11.2 Å². The maximum Gasteiger partial charge on any atom is 0.217 e. The molecule has 1 aliphatic heterocycles. The highest BCUT2D eigenvalue weighted by atomic mass is 16.1. The van der Waals surface area contributed by atoms with Crippen molar-refractivity contribution in [3.05, 3.63) is 29.8 Å². The fourth-order valence-electron chi connectivity index (χ4n) is 1.87. The van der Waals surface area contributed by atoms with Gasteiger partial charge < -0.3 is 11.1 Å². The third-order valence-corrected chi connectivity index (χ3v) is 2.58. The van der Waals surface area contributed by atoms with Crippen molar-refractivity contribution in [2.75, 3.05) is 5.32 Å². The van der Waals surface area contributed by atoms with Gasteiger partial charge in [0.2, 0.25) is 5.91 Å². The predicted molar refractivity (Wildman–Crippen MR) is 56.0 cm³/mol. The van der Waals surface area contributed by atoms with Gasteiger partial charge in [0.15, 0.2) is 0 Å². The summed E-state index contributed by atoms with van der Waals surface area (Å²) in [7, 11) is 0. The summed E-state index contributed by atoms with van der Waals surface area (Å²) in [4.78, 5) is 10.6. The summed E-state index contributed by atoms with van der Waals surface area (Å²) in [5, 5.41) is 3.38. The minimum absolute atomic E-state index is 0.220. The quantitative estimate of drug-likeness (QED) is 0.754. The normalized spacial score (nSPS) is 18.7. The Morgan fingerprint density at radius 1 is 1.50 bits per heavy atom. The molecule has 1 unspecified atom stereocenters. The van der Waals surface area contributed by atoms with Gasteiger partial charge in [0.25, 0.3) is 0 Å². The number of carbonyl (C=O) groups excluding carboxylic acids is 1.